The molecule has 0 radical (unpaired) electrons. The van der Waals surface area contributed by atoms with Gasteiger partial charge in [-0.1, -0.05) is 0 Å². The molecule has 2 aliphatic heterocycles. The molecule has 2 saturated heterocycles. The highest BCUT2D eigenvalue weighted by Crippen LogP contribution is 2.02. The van der Waals surface area contributed by atoms with E-state index in [4.69, 9.17) is 0 Å². The zero-order chi connectivity index (χ0) is 5.40. The highest BCUT2D eigenvalue weighted by Gasteiger charge is 2.31. The molecule has 3 heteroatoms. The van der Waals surface area contributed by atoms with Crippen molar-refractivity contribution < 1.29 is 0 Å². The van der Waals surface area contributed by atoms with Crippen LogP contribution in [0.5, 0.6) is 0 Å². The SMILES string of the molecule is C1CNC(C2CN2)N1. The van der Waals surface area contributed by atoms with Gasteiger partial charge in [-0.3, -0.25) is 10.6 Å². The Hall–Kier alpha value is -0.120. The molecular weight excluding hydrogens is 102 g/mol. The summed E-state index contributed by atoms with van der Waals surface area (Å²) in [6.45, 7) is 3.44. The highest BCUT2D eigenvalue weighted by atomic mass is 15.3. The van der Waals surface area contributed by atoms with Crippen LogP contribution in [0.3, 0.4) is 0 Å². The van der Waals surface area contributed by atoms with Gasteiger partial charge in [-0.25, -0.2) is 0 Å². The first-order valence-corrected chi connectivity index (χ1v) is 3.17. The fourth-order valence-electron chi connectivity index (χ4n) is 1.12. The number of hydrogen-bond donors (Lipinski definition) is 3. The van der Waals surface area contributed by atoms with E-state index < -0.39 is 0 Å². The Morgan fingerprint density at radius 2 is 1.62 bits per heavy atom. The third kappa shape index (κ3) is 0.727. The maximum Gasteiger partial charge on any atom is 0.0743 e. The summed E-state index contributed by atoms with van der Waals surface area (Å²) >= 11 is 0. The first-order valence-electron chi connectivity index (χ1n) is 3.17. The van der Waals surface area contributed by atoms with Crippen molar-refractivity contribution in [2.45, 2.75) is 12.2 Å². The molecule has 46 valence electrons. The van der Waals surface area contributed by atoms with Crippen LogP contribution < -0.4 is 16.0 Å². The van der Waals surface area contributed by atoms with Crippen LogP contribution in [0.25, 0.3) is 0 Å². The molecule has 0 bridgehead atoms. The van der Waals surface area contributed by atoms with Gasteiger partial charge in [0.05, 0.1) is 6.17 Å². The second-order valence-electron chi connectivity index (χ2n) is 2.40. The zero-order valence-electron chi connectivity index (χ0n) is 4.78. The third-order valence-electron chi connectivity index (χ3n) is 1.70. The molecule has 3 nitrogen and oxygen atoms in total. The van der Waals surface area contributed by atoms with Crippen LogP contribution >= 0.6 is 0 Å². The van der Waals surface area contributed by atoms with E-state index in [1.165, 1.54) is 6.54 Å². The summed E-state index contributed by atoms with van der Waals surface area (Å²) < 4.78 is 0. The minimum absolute atomic E-state index is 0.565. The molecule has 0 aromatic heterocycles. The van der Waals surface area contributed by atoms with Gasteiger partial charge in [-0.2, -0.15) is 0 Å². The van der Waals surface area contributed by atoms with E-state index in [1.54, 1.807) is 0 Å². The van der Waals surface area contributed by atoms with Gasteiger partial charge in [0.2, 0.25) is 0 Å². The van der Waals surface area contributed by atoms with Crippen LogP contribution in [0.4, 0.5) is 0 Å². The predicted octanol–water partition coefficient (Wildman–Crippen LogP) is -1.52. The summed E-state index contributed by atoms with van der Waals surface area (Å²) in [7, 11) is 0. The minimum Gasteiger partial charge on any atom is -0.308 e. The van der Waals surface area contributed by atoms with Crippen molar-refractivity contribution in [2.24, 2.45) is 0 Å². The van der Waals surface area contributed by atoms with Crippen LogP contribution in [0.2, 0.25) is 0 Å². The second-order valence-corrected chi connectivity index (χ2v) is 2.40. The van der Waals surface area contributed by atoms with E-state index in [0.717, 1.165) is 19.1 Å². The molecule has 2 aliphatic rings. The summed E-state index contributed by atoms with van der Waals surface area (Å²) in [5, 5.41) is 9.94. The Morgan fingerprint density at radius 3 is 2.12 bits per heavy atom. The van der Waals surface area contributed by atoms with Gasteiger partial charge >= 0.3 is 0 Å². The van der Waals surface area contributed by atoms with Crippen LogP contribution in [0, 0.1) is 0 Å². The normalized spacial score (nSPS) is 38.2. The number of hydrogen-bond acceptors (Lipinski definition) is 3. The molecule has 8 heavy (non-hydrogen) atoms. The summed E-state index contributed by atoms with van der Waals surface area (Å²) in [6, 6.07) is 0.720. The minimum atomic E-state index is 0.565. The maximum absolute atomic E-state index is 3.34. The lowest BCUT2D eigenvalue weighted by Crippen LogP contribution is -2.37. The molecule has 1 unspecified atom stereocenters. The maximum atomic E-state index is 3.34. The Morgan fingerprint density at radius 1 is 1.00 bits per heavy atom. The van der Waals surface area contributed by atoms with Gasteiger partial charge in [-0.05, 0) is 0 Å². The van der Waals surface area contributed by atoms with Gasteiger partial charge in [0, 0.05) is 25.7 Å². The summed E-state index contributed by atoms with van der Waals surface area (Å²) in [5.74, 6) is 0. The van der Waals surface area contributed by atoms with E-state index in [2.05, 4.69) is 16.0 Å². The number of rotatable bonds is 1. The first-order chi connectivity index (χ1) is 3.97. The van der Waals surface area contributed by atoms with Crippen molar-refractivity contribution in [1.29, 1.82) is 0 Å². The van der Waals surface area contributed by atoms with Gasteiger partial charge in [-0.15, -0.1) is 0 Å². The van der Waals surface area contributed by atoms with Crippen LogP contribution in [-0.4, -0.2) is 31.8 Å². The average Bonchev–Trinajstić information content (AvgIpc) is 2.49. The molecular formula is C5H11N3. The van der Waals surface area contributed by atoms with Crippen LogP contribution in [0.1, 0.15) is 0 Å². The average molecular weight is 113 g/mol. The number of nitrogens with one attached hydrogen (secondary N) is 3. The summed E-state index contributed by atoms with van der Waals surface area (Å²) in [6.07, 6.45) is 0.565. The van der Waals surface area contributed by atoms with Crippen molar-refractivity contribution in [2.75, 3.05) is 19.6 Å². The monoisotopic (exact) mass is 113 g/mol. The lowest BCUT2D eigenvalue weighted by molar-refractivity contribution is 0.543. The van der Waals surface area contributed by atoms with Gasteiger partial charge in [0.25, 0.3) is 0 Å². The molecule has 0 spiro atoms. The molecule has 0 saturated carbocycles. The van der Waals surface area contributed by atoms with E-state index in [-0.39, 0.29) is 0 Å². The molecule has 2 heterocycles. The first kappa shape index (κ1) is 4.73. The van der Waals surface area contributed by atoms with E-state index in [0.29, 0.717) is 6.17 Å². The molecule has 3 N–H and O–H groups in total. The molecule has 0 aliphatic carbocycles. The van der Waals surface area contributed by atoms with E-state index in [9.17, 15) is 0 Å². The summed E-state index contributed by atoms with van der Waals surface area (Å²) in [5.41, 5.74) is 0. The van der Waals surface area contributed by atoms with Crippen molar-refractivity contribution in [3.05, 3.63) is 0 Å². The van der Waals surface area contributed by atoms with Crippen LogP contribution in [0.15, 0.2) is 0 Å². The Labute approximate surface area is 48.8 Å². The molecule has 0 aromatic rings. The fraction of sp³-hybridized carbons (Fsp3) is 1.00. The predicted molar refractivity (Wildman–Crippen MR) is 31.6 cm³/mol. The van der Waals surface area contributed by atoms with Gasteiger partial charge in [0.1, 0.15) is 0 Å². The zero-order valence-corrected chi connectivity index (χ0v) is 4.78. The van der Waals surface area contributed by atoms with Crippen molar-refractivity contribution >= 4 is 0 Å². The lowest BCUT2D eigenvalue weighted by atomic mass is 10.4. The highest BCUT2D eigenvalue weighted by molar-refractivity contribution is 4.95. The molecule has 0 aromatic carbocycles. The van der Waals surface area contributed by atoms with Crippen molar-refractivity contribution in [3.8, 4) is 0 Å². The lowest BCUT2D eigenvalue weighted by Gasteiger charge is -2.05. The molecule has 2 fully saturated rings. The molecule has 1 atom stereocenters. The van der Waals surface area contributed by atoms with E-state index >= 15 is 0 Å². The molecule has 0 amide bonds. The largest absolute Gasteiger partial charge is 0.308 e. The Bertz CT molecular complexity index is 83.7. The second kappa shape index (κ2) is 1.69. The van der Waals surface area contributed by atoms with Crippen molar-refractivity contribution in [1.82, 2.24) is 16.0 Å². The Balaban J connectivity index is 1.86. The van der Waals surface area contributed by atoms with Gasteiger partial charge < -0.3 is 5.32 Å². The quantitative estimate of drug-likeness (QED) is 0.362. The topological polar surface area (TPSA) is 46.0 Å². The molecule has 2 rings (SSSR count). The van der Waals surface area contributed by atoms with Crippen molar-refractivity contribution in [3.63, 3.8) is 0 Å². The standard InChI is InChI=1S/C5H11N3/c1-2-7-5(6-1)4-3-8-4/h4-8H,1-3H2. The smallest absolute Gasteiger partial charge is 0.0743 e. The summed E-state index contributed by atoms with van der Waals surface area (Å²) in [4.78, 5) is 0. The van der Waals surface area contributed by atoms with Gasteiger partial charge in [0.15, 0.2) is 0 Å². The van der Waals surface area contributed by atoms with E-state index in [1.807, 2.05) is 0 Å². The fourth-order valence-corrected chi connectivity index (χ4v) is 1.12. The van der Waals surface area contributed by atoms with Crippen LogP contribution in [-0.2, 0) is 0 Å². The Kier molecular flexibility index (Phi) is 0.997. The third-order valence-corrected chi connectivity index (χ3v) is 1.70.